The Kier molecular flexibility index (Phi) is 13.1. The fourth-order valence-electron chi connectivity index (χ4n) is 6.77. The Morgan fingerprint density at radius 3 is 1.65 bits per heavy atom. The van der Waals surface area contributed by atoms with Gasteiger partial charge in [0.05, 0.1) is 36.5 Å². The maximum absolute atomic E-state index is 13.7. The predicted molar refractivity (Wildman–Crippen MR) is 198 cm³/mol. The summed E-state index contributed by atoms with van der Waals surface area (Å²) in [7, 11) is 0. The Labute approximate surface area is 328 Å². The first kappa shape index (κ1) is 39.9. The van der Waals surface area contributed by atoms with Crippen molar-refractivity contribution < 1.29 is 67.2 Å². The highest BCUT2D eigenvalue weighted by Crippen LogP contribution is 2.39. The number of aliphatic hydroxyl groups is 2. The van der Waals surface area contributed by atoms with Crippen molar-refractivity contribution in [3.8, 4) is 0 Å². The van der Waals surface area contributed by atoms with Gasteiger partial charge in [-0.1, -0.05) is 91.0 Å². The van der Waals surface area contributed by atoms with Crippen LogP contribution in [0.4, 0.5) is 0 Å². The molecule has 0 unspecified atom stereocenters. The summed E-state index contributed by atoms with van der Waals surface area (Å²) in [5, 5.41) is 22.0. The molecule has 3 saturated heterocycles. The van der Waals surface area contributed by atoms with Crippen LogP contribution >= 0.6 is 0 Å². The van der Waals surface area contributed by atoms with E-state index >= 15 is 0 Å². The van der Waals surface area contributed by atoms with Gasteiger partial charge in [0.15, 0.2) is 37.2 Å². The highest BCUT2D eigenvalue weighted by Gasteiger charge is 2.57. The van der Waals surface area contributed by atoms with Gasteiger partial charge in [-0.2, -0.15) is 0 Å². The minimum Gasteiger partial charge on any atom is -0.452 e. The minimum absolute atomic E-state index is 0.00930. The monoisotopic (exact) mass is 782 g/mol. The van der Waals surface area contributed by atoms with Gasteiger partial charge in [0.25, 0.3) is 0 Å². The lowest BCUT2D eigenvalue weighted by Crippen LogP contribution is -2.67. The number of carbonyl (C=O) groups excluding carboxylic acids is 3. The van der Waals surface area contributed by atoms with Crippen LogP contribution in [0.3, 0.4) is 0 Å². The van der Waals surface area contributed by atoms with Crippen molar-refractivity contribution in [1.29, 1.82) is 0 Å². The largest absolute Gasteiger partial charge is 0.452 e. The molecule has 4 aromatic rings. The standard InChI is InChI=1S/C43H42O14/c1-2-23-49-42-37(55-40(48)28-19-11-5-12-20-28)35(33-31(52-42)25-50-41(56-33)29-21-13-6-14-22-29)57-43-36(54-39(47)27-17-9-4-10-18-27)34(32(45)30(24-44)51-43)53-38(46)26-15-7-3-8-16-26/h2-22,30-37,41-45H,1,23-25H2/t30-,31-,32+,33+,34+,35+,36-,37-,41+,42-,43-/m1/s1. The van der Waals surface area contributed by atoms with Crippen molar-refractivity contribution in [3.05, 3.63) is 156 Å². The van der Waals surface area contributed by atoms with E-state index in [9.17, 15) is 24.6 Å². The van der Waals surface area contributed by atoms with E-state index in [1.807, 2.05) is 30.3 Å². The zero-order valence-electron chi connectivity index (χ0n) is 30.6. The van der Waals surface area contributed by atoms with E-state index in [-0.39, 0.29) is 29.9 Å². The molecule has 7 rings (SSSR count). The first-order chi connectivity index (χ1) is 27.8. The molecule has 0 saturated carbocycles. The molecule has 0 spiro atoms. The number of aliphatic hydroxyl groups excluding tert-OH is 2. The number of esters is 3. The molecule has 0 amide bonds. The Morgan fingerprint density at radius 2 is 1.14 bits per heavy atom. The van der Waals surface area contributed by atoms with E-state index in [0.29, 0.717) is 5.56 Å². The van der Waals surface area contributed by atoms with E-state index in [2.05, 4.69) is 6.58 Å². The molecule has 57 heavy (non-hydrogen) atoms. The fraction of sp³-hybridized carbons (Fsp3) is 0.326. The first-order valence-corrected chi connectivity index (χ1v) is 18.4. The molecule has 14 nitrogen and oxygen atoms in total. The highest BCUT2D eigenvalue weighted by atomic mass is 16.8. The van der Waals surface area contributed by atoms with E-state index in [1.54, 1.807) is 66.7 Å². The summed E-state index contributed by atoms with van der Waals surface area (Å²) in [6.07, 6.45) is -13.4. The van der Waals surface area contributed by atoms with E-state index in [0.717, 1.165) is 0 Å². The molecule has 4 aromatic carbocycles. The Hall–Kier alpha value is -5.29. The minimum atomic E-state index is -1.70. The number of rotatable bonds is 13. The molecule has 3 aliphatic heterocycles. The molecule has 11 atom stereocenters. The molecular weight excluding hydrogens is 740 g/mol. The molecule has 3 aliphatic rings. The van der Waals surface area contributed by atoms with E-state index in [1.165, 1.54) is 30.3 Å². The number of hydrogen-bond donors (Lipinski definition) is 2. The number of hydrogen-bond acceptors (Lipinski definition) is 14. The quantitative estimate of drug-likeness (QED) is 0.112. The zero-order valence-corrected chi connectivity index (χ0v) is 30.6. The number of benzene rings is 4. The van der Waals surface area contributed by atoms with Crippen LogP contribution in [0.2, 0.25) is 0 Å². The number of carbonyl (C=O) groups is 3. The molecule has 0 aliphatic carbocycles. The summed E-state index contributed by atoms with van der Waals surface area (Å²) in [5.74, 6) is -2.45. The third-order valence-corrected chi connectivity index (χ3v) is 9.58. The van der Waals surface area contributed by atoms with Gasteiger partial charge in [-0.15, -0.1) is 6.58 Å². The summed E-state index contributed by atoms with van der Waals surface area (Å²) in [6.45, 7) is 2.95. The lowest BCUT2D eigenvalue weighted by molar-refractivity contribution is -0.390. The second-order valence-electron chi connectivity index (χ2n) is 13.4. The Balaban J connectivity index is 1.29. The average Bonchev–Trinajstić information content (AvgIpc) is 3.26. The molecule has 14 heteroatoms. The summed E-state index contributed by atoms with van der Waals surface area (Å²) < 4.78 is 55.8. The maximum atomic E-state index is 13.7. The molecule has 0 aromatic heterocycles. The van der Waals surface area contributed by atoms with Crippen molar-refractivity contribution in [2.24, 2.45) is 0 Å². The molecule has 0 radical (unpaired) electrons. The second-order valence-corrected chi connectivity index (χ2v) is 13.4. The number of fused-ring (bicyclic) bond motifs is 1. The van der Waals surface area contributed by atoms with Crippen molar-refractivity contribution in [3.63, 3.8) is 0 Å². The van der Waals surface area contributed by atoms with Crippen molar-refractivity contribution in [2.45, 2.75) is 67.7 Å². The smallest absolute Gasteiger partial charge is 0.338 e. The van der Waals surface area contributed by atoms with Crippen molar-refractivity contribution >= 4 is 17.9 Å². The van der Waals surface area contributed by atoms with Gasteiger partial charge in [-0.05, 0) is 36.4 Å². The van der Waals surface area contributed by atoms with Gasteiger partial charge in [0.1, 0.15) is 30.5 Å². The summed E-state index contributed by atoms with van der Waals surface area (Å²) in [6, 6.07) is 33.4. The van der Waals surface area contributed by atoms with Gasteiger partial charge in [-0.3, -0.25) is 0 Å². The summed E-state index contributed by atoms with van der Waals surface area (Å²) in [5.41, 5.74) is 1.18. The van der Waals surface area contributed by atoms with Crippen LogP contribution in [0, 0.1) is 0 Å². The summed E-state index contributed by atoms with van der Waals surface area (Å²) >= 11 is 0. The molecule has 0 bridgehead atoms. The SMILES string of the molecule is C=CCO[C@@H]1O[C@@H]2CO[C@H](c3ccccc3)O[C@@H]2[C@H](O[C@H]2O[C@H](CO)[C@H](O)[C@H](OC(=O)c3ccccc3)[C@H]2OC(=O)c2ccccc2)[C@H]1OC(=O)c1ccccc1. The molecule has 2 N–H and O–H groups in total. The average molecular weight is 783 g/mol. The maximum Gasteiger partial charge on any atom is 0.338 e. The zero-order chi connectivity index (χ0) is 39.7. The van der Waals surface area contributed by atoms with Crippen LogP contribution in [0.25, 0.3) is 0 Å². The van der Waals surface area contributed by atoms with Crippen molar-refractivity contribution in [2.75, 3.05) is 19.8 Å². The van der Waals surface area contributed by atoms with Gasteiger partial charge in [0, 0.05) is 5.56 Å². The van der Waals surface area contributed by atoms with E-state index < -0.39 is 92.2 Å². The Bertz CT molecular complexity index is 1930. The van der Waals surface area contributed by atoms with Crippen molar-refractivity contribution in [1.82, 2.24) is 0 Å². The Morgan fingerprint density at radius 1 is 0.649 bits per heavy atom. The topological polar surface area (TPSA) is 175 Å². The molecule has 3 fully saturated rings. The lowest BCUT2D eigenvalue weighted by atomic mass is 9.95. The third kappa shape index (κ3) is 9.31. The van der Waals surface area contributed by atoms with Gasteiger partial charge in [0.2, 0.25) is 0 Å². The van der Waals surface area contributed by atoms with Gasteiger partial charge < -0.3 is 52.8 Å². The molecule has 3 heterocycles. The van der Waals surface area contributed by atoms with Gasteiger partial charge >= 0.3 is 17.9 Å². The first-order valence-electron chi connectivity index (χ1n) is 18.4. The van der Waals surface area contributed by atoms with Crippen LogP contribution < -0.4 is 0 Å². The van der Waals surface area contributed by atoms with Crippen LogP contribution in [0.1, 0.15) is 42.9 Å². The van der Waals surface area contributed by atoms with Gasteiger partial charge in [-0.25, -0.2) is 14.4 Å². The van der Waals surface area contributed by atoms with Crippen LogP contribution in [-0.4, -0.2) is 109 Å². The third-order valence-electron chi connectivity index (χ3n) is 9.58. The van der Waals surface area contributed by atoms with Crippen LogP contribution in [-0.2, 0) is 42.6 Å². The number of ether oxygens (including phenoxy) is 9. The fourth-order valence-corrected chi connectivity index (χ4v) is 6.77. The normalized spacial score (nSPS) is 29.6. The van der Waals surface area contributed by atoms with E-state index in [4.69, 9.17) is 42.6 Å². The highest BCUT2D eigenvalue weighted by molar-refractivity contribution is 5.90. The lowest BCUT2D eigenvalue weighted by Gasteiger charge is -2.50. The second kappa shape index (κ2) is 18.8. The molecule has 298 valence electrons. The summed E-state index contributed by atoms with van der Waals surface area (Å²) in [4.78, 5) is 41.0. The van der Waals surface area contributed by atoms with Crippen LogP contribution in [0.5, 0.6) is 0 Å². The predicted octanol–water partition coefficient (Wildman–Crippen LogP) is 4.17. The molecular formula is C43H42O14. The van der Waals surface area contributed by atoms with Crippen LogP contribution in [0.15, 0.2) is 134 Å².